The number of carbonyl (C=O) groups is 1. The minimum absolute atomic E-state index is 0.000148. The van der Waals surface area contributed by atoms with Gasteiger partial charge in [0.25, 0.3) is 11.6 Å². The molecule has 0 bridgehead atoms. The standard InChI is InChI=1S/C19H18N4O5/c1-27-13-22-11-16(10-20-22)21-19(24)15-4-2-3-14(9-15)12-28-18-7-5-17(6-8-18)23(25)26/h2-11H,12-13H2,1H3,(H,21,24). The Balaban J connectivity index is 1.61. The minimum atomic E-state index is -0.467. The van der Waals surface area contributed by atoms with Gasteiger partial charge >= 0.3 is 0 Å². The van der Waals surface area contributed by atoms with E-state index in [1.165, 1.54) is 24.3 Å². The summed E-state index contributed by atoms with van der Waals surface area (Å²) < 4.78 is 12.2. The van der Waals surface area contributed by atoms with Crippen molar-refractivity contribution in [1.82, 2.24) is 9.78 Å². The molecule has 1 aromatic heterocycles. The number of nitrogens with one attached hydrogen (secondary N) is 1. The molecule has 1 amide bonds. The summed E-state index contributed by atoms with van der Waals surface area (Å²) in [6.45, 7) is 0.524. The van der Waals surface area contributed by atoms with Crippen LogP contribution in [0.3, 0.4) is 0 Å². The van der Waals surface area contributed by atoms with E-state index < -0.39 is 4.92 Å². The molecule has 3 aromatic rings. The zero-order valence-electron chi connectivity index (χ0n) is 15.1. The molecule has 0 fully saturated rings. The molecule has 28 heavy (non-hydrogen) atoms. The number of aromatic nitrogens is 2. The SMILES string of the molecule is COCn1cc(NC(=O)c2cccc(COc3ccc([N+](=O)[O-])cc3)c2)cn1. The Bertz CT molecular complexity index is 968. The molecule has 0 aliphatic rings. The van der Waals surface area contributed by atoms with Crippen LogP contribution >= 0.6 is 0 Å². The highest BCUT2D eigenvalue weighted by Crippen LogP contribution is 2.19. The third-order valence-corrected chi connectivity index (χ3v) is 3.79. The fourth-order valence-corrected chi connectivity index (χ4v) is 2.47. The highest BCUT2D eigenvalue weighted by Gasteiger charge is 2.09. The number of hydrogen-bond acceptors (Lipinski definition) is 6. The lowest BCUT2D eigenvalue weighted by Gasteiger charge is -2.08. The van der Waals surface area contributed by atoms with E-state index in [9.17, 15) is 14.9 Å². The van der Waals surface area contributed by atoms with Crippen molar-refractivity contribution in [2.24, 2.45) is 0 Å². The van der Waals surface area contributed by atoms with Crippen LogP contribution in [-0.2, 0) is 18.1 Å². The molecule has 0 unspecified atom stereocenters. The van der Waals surface area contributed by atoms with Gasteiger partial charge < -0.3 is 14.8 Å². The molecule has 1 N–H and O–H groups in total. The molecule has 9 nitrogen and oxygen atoms in total. The lowest BCUT2D eigenvalue weighted by molar-refractivity contribution is -0.384. The Labute approximate surface area is 160 Å². The molecule has 0 spiro atoms. The molecule has 0 aliphatic heterocycles. The van der Waals surface area contributed by atoms with Gasteiger partial charge in [0.2, 0.25) is 0 Å². The van der Waals surface area contributed by atoms with Crippen LogP contribution in [0.4, 0.5) is 11.4 Å². The average molecular weight is 382 g/mol. The summed E-state index contributed by atoms with van der Waals surface area (Å²) in [6, 6.07) is 12.8. The van der Waals surface area contributed by atoms with Crippen molar-refractivity contribution in [1.29, 1.82) is 0 Å². The van der Waals surface area contributed by atoms with Gasteiger partial charge in [0.05, 0.1) is 23.0 Å². The van der Waals surface area contributed by atoms with Crippen molar-refractivity contribution in [2.45, 2.75) is 13.3 Å². The van der Waals surface area contributed by atoms with Crippen molar-refractivity contribution < 1.29 is 19.2 Å². The second kappa shape index (κ2) is 8.78. The number of non-ortho nitro benzene ring substituents is 1. The van der Waals surface area contributed by atoms with Gasteiger partial charge in [0.15, 0.2) is 0 Å². The van der Waals surface area contributed by atoms with Crippen molar-refractivity contribution >= 4 is 17.3 Å². The number of methoxy groups -OCH3 is 1. The van der Waals surface area contributed by atoms with Gasteiger partial charge in [-0.15, -0.1) is 0 Å². The average Bonchev–Trinajstić information content (AvgIpc) is 3.14. The molecule has 0 saturated heterocycles. The van der Waals surface area contributed by atoms with E-state index >= 15 is 0 Å². The van der Waals surface area contributed by atoms with Crippen LogP contribution in [0, 0.1) is 10.1 Å². The van der Waals surface area contributed by atoms with Crippen LogP contribution in [0.5, 0.6) is 5.75 Å². The Morgan fingerprint density at radius 2 is 2.04 bits per heavy atom. The first-order chi connectivity index (χ1) is 13.5. The zero-order chi connectivity index (χ0) is 19.9. The van der Waals surface area contributed by atoms with E-state index in [2.05, 4.69) is 10.4 Å². The van der Waals surface area contributed by atoms with Crippen LogP contribution < -0.4 is 10.1 Å². The number of hydrogen-bond donors (Lipinski definition) is 1. The number of benzene rings is 2. The first-order valence-electron chi connectivity index (χ1n) is 8.34. The lowest BCUT2D eigenvalue weighted by atomic mass is 10.1. The minimum Gasteiger partial charge on any atom is -0.489 e. The maximum absolute atomic E-state index is 12.4. The highest BCUT2D eigenvalue weighted by atomic mass is 16.6. The fourth-order valence-electron chi connectivity index (χ4n) is 2.47. The first-order valence-corrected chi connectivity index (χ1v) is 8.34. The third kappa shape index (κ3) is 4.92. The Kier molecular flexibility index (Phi) is 5.97. The number of carbonyl (C=O) groups excluding carboxylic acids is 1. The van der Waals surface area contributed by atoms with Gasteiger partial charge in [0, 0.05) is 24.8 Å². The van der Waals surface area contributed by atoms with Crippen molar-refractivity contribution in [3.8, 4) is 5.75 Å². The maximum Gasteiger partial charge on any atom is 0.269 e. The van der Waals surface area contributed by atoms with Crippen LogP contribution in [0.1, 0.15) is 15.9 Å². The molecule has 0 saturated carbocycles. The normalized spacial score (nSPS) is 10.5. The van der Waals surface area contributed by atoms with Gasteiger partial charge in [-0.25, -0.2) is 4.68 Å². The summed E-state index contributed by atoms with van der Waals surface area (Å²) in [5, 5.41) is 17.5. The number of anilines is 1. The Hall–Kier alpha value is -3.72. The smallest absolute Gasteiger partial charge is 0.269 e. The fraction of sp³-hybridized carbons (Fsp3) is 0.158. The molecular formula is C19H18N4O5. The van der Waals surface area contributed by atoms with E-state index in [0.717, 1.165) is 5.56 Å². The second-order valence-electron chi connectivity index (χ2n) is 5.88. The molecule has 2 aromatic carbocycles. The maximum atomic E-state index is 12.4. The number of nitro benzene ring substituents is 1. The van der Waals surface area contributed by atoms with Crippen LogP contribution in [0.25, 0.3) is 0 Å². The summed E-state index contributed by atoms with van der Waals surface area (Å²) in [5.41, 5.74) is 1.83. The molecule has 1 heterocycles. The summed E-state index contributed by atoms with van der Waals surface area (Å²) >= 11 is 0. The van der Waals surface area contributed by atoms with Gasteiger partial charge in [-0.2, -0.15) is 5.10 Å². The molecular weight excluding hydrogens is 364 g/mol. The molecule has 0 atom stereocenters. The first kappa shape index (κ1) is 19.1. The van der Waals surface area contributed by atoms with E-state index in [1.54, 1.807) is 42.4 Å². The second-order valence-corrected chi connectivity index (χ2v) is 5.88. The van der Waals surface area contributed by atoms with Gasteiger partial charge in [-0.1, -0.05) is 12.1 Å². The monoisotopic (exact) mass is 382 g/mol. The van der Waals surface area contributed by atoms with Gasteiger partial charge in [-0.3, -0.25) is 14.9 Å². The third-order valence-electron chi connectivity index (χ3n) is 3.79. The number of nitrogens with zero attached hydrogens (tertiary/aromatic N) is 3. The summed E-state index contributed by atoms with van der Waals surface area (Å²) in [4.78, 5) is 22.6. The van der Waals surface area contributed by atoms with Gasteiger partial charge in [-0.05, 0) is 29.8 Å². The quantitative estimate of drug-likeness (QED) is 0.473. The molecule has 3 rings (SSSR count). The van der Waals surface area contributed by atoms with E-state index in [4.69, 9.17) is 9.47 Å². The van der Waals surface area contributed by atoms with Crippen LogP contribution in [-0.4, -0.2) is 27.7 Å². The lowest BCUT2D eigenvalue weighted by Crippen LogP contribution is -2.12. The van der Waals surface area contributed by atoms with Crippen LogP contribution in [0.2, 0.25) is 0 Å². The van der Waals surface area contributed by atoms with Crippen molar-refractivity contribution in [2.75, 3.05) is 12.4 Å². The number of nitro groups is 1. The summed E-state index contributed by atoms with van der Waals surface area (Å²) in [6.07, 6.45) is 3.21. The highest BCUT2D eigenvalue weighted by molar-refractivity contribution is 6.04. The topological polar surface area (TPSA) is 109 Å². The number of rotatable bonds is 8. The predicted octanol–water partition coefficient (Wildman–Crippen LogP) is 3.23. The zero-order valence-corrected chi connectivity index (χ0v) is 15.1. The van der Waals surface area contributed by atoms with E-state index in [-0.39, 0.29) is 18.2 Å². The van der Waals surface area contributed by atoms with Crippen molar-refractivity contribution in [3.05, 3.63) is 82.2 Å². The summed E-state index contributed by atoms with van der Waals surface area (Å²) in [5.74, 6) is 0.236. The van der Waals surface area contributed by atoms with Gasteiger partial charge in [0.1, 0.15) is 19.1 Å². The van der Waals surface area contributed by atoms with Crippen LogP contribution in [0.15, 0.2) is 60.9 Å². The molecule has 0 aliphatic carbocycles. The largest absolute Gasteiger partial charge is 0.489 e. The Morgan fingerprint density at radius 1 is 1.25 bits per heavy atom. The predicted molar refractivity (Wildman–Crippen MR) is 101 cm³/mol. The molecule has 144 valence electrons. The summed E-state index contributed by atoms with van der Waals surface area (Å²) in [7, 11) is 1.56. The molecule has 0 radical (unpaired) electrons. The Morgan fingerprint density at radius 3 is 2.75 bits per heavy atom. The van der Waals surface area contributed by atoms with E-state index in [1.807, 2.05) is 6.07 Å². The van der Waals surface area contributed by atoms with Crippen molar-refractivity contribution in [3.63, 3.8) is 0 Å². The van der Waals surface area contributed by atoms with E-state index in [0.29, 0.717) is 23.7 Å². The number of amides is 1. The molecule has 9 heteroatoms. The number of ether oxygens (including phenoxy) is 2.